The summed E-state index contributed by atoms with van der Waals surface area (Å²) in [7, 11) is 0. The second-order valence-corrected chi connectivity index (χ2v) is 8.37. The smallest absolute Gasteiger partial charge is 0.248 e. The molecular weight excluding hydrogens is 372 g/mol. The molecule has 0 saturated carbocycles. The summed E-state index contributed by atoms with van der Waals surface area (Å²) in [6, 6.07) is 17.6. The van der Waals surface area contributed by atoms with Gasteiger partial charge in [0.15, 0.2) is 0 Å². The number of benzene rings is 2. The number of anilines is 3. The minimum Gasteiger partial charge on any atom is -0.324 e. The molecule has 0 aliphatic rings. The molecule has 0 unspecified atom stereocenters. The molecule has 30 heavy (non-hydrogen) atoms. The number of aromatic nitrogens is 2. The maximum atomic E-state index is 12.3. The molecule has 0 saturated heterocycles. The van der Waals surface area contributed by atoms with Crippen molar-refractivity contribution in [1.29, 1.82) is 0 Å². The molecule has 0 aliphatic carbocycles. The van der Waals surface area contributed by atoms with Crippen LogP contribution in [-0.4, -0.2) is 15.9 Å². The molecule has 1 aromatic heterocycles. The van der Waals surface area contributed by atoms with E-state index in [1.807, 2.05) is 62.4 Å². The standard InChI is InChI=1S/C25H28N4O/c1-17-15-18(2)27-24(26-17)29-22-8-6-7-21(16-22)28-23(30)14-11-19-9-12-20(13-10-19)25(3,4)5/h6-16H,1-5H3,(H,28,30)(H,26,27,29)/b14-11+. The van der Waals surface area contributed by atoms with Gasteiger partial charge in [-0.1, -0.05) is 51.1 Å². The topological polar surface area (TPSA) is 66.9 Å². The molecule has 3 rings (SSSR count). The van der Waals surface area contributed by atoms with Crippen LogP contribution in [0.15, 0.2) is 60.7 Å². The lowest BCUT2D eigenvalue weighted by Gasteiger charge is -2.18. The highest BCUT2D eigenvalue weighted by Crippen LogP contribution is 2.22. The number of hydrogen-bond donors (Lipinski definition) is 2. The monoisotopic (exact) mass is 400 g/mol. The lowest BCUT2D eigenvalue weighted by atomic mass is 9.87. The summed E-state index contributed by atoms with van der Waals surface area (Å²) in [5, 5.41) is 6.07. The molecule has 2 aromatic carbocycles. The van der Waals surface area contributed by atoms with Gasteiger partial charge in [-0.2, -0.15) is 0 Å². The van der Waals surface area contributed by atoms with E-state index in [0.29, 0.717) is 11.6 Å². The van der Waals surface area contributed by atoms with Gasteiger partial charge in [0.2, 0.25) is 11.9 Å². The Morgan fingerprint density at radius 2 is 1.53 bits per heavy atom. The van der Waals surface area contributed by atoms with Gasteiger partial charge in [0.1, 0.15) is 0 Å². The third-order valence-corrected chi connectivity index (χ3v) is 4.57. The lowest BCUT2D eigenvalue weighted by Crippen LogP contribution is -2.10. The van der Waals surface area contributed by atoms with Crippen LogP contribution in [0.25, 0.3) is 6.08 Å². The van der Waals surface area contributed by atoms with Crippen LogP contribution in [0.5, 0.6) is 0 Å². The van der Waals surface area contributed by atoms with Gasteiger partial charge in [0.25, 0.3) is 0 Å². The first-order valence-electron chi connectivity index (χ1n) is 9.98. The van der Waals surface area contributed by atoms with Gasteiger partial charge in [-0.25, -0.2) is 9.97 Å². The Labute approximate surface area is 178 Å². The second kappa shape index (κ2) is 8.91. The highest BCUT2D eigenvalue weighted by atomic mass is 16.1. The summed E-state index contributed by atoms with van der Waals surface area (Å²) in [5.41, 5.74) is 5.66. The number of rotatable bonds is 5. The normalized spacial score (nSPS) is 11.5. The Kier molecular flexibility index (Phi) is 6.31. The minimum absolute atomic E-state index is 0.112. The Morgan fingerprint density at radius 3 is 2.17 bits per heavy atom. The number of aryl methyl sites for hydroxylation is 2. The van der Waals surface area contributed by atoms with Crippen LogP contribution >= 0.6 is 0 Å². The molecule has 2 N–H and O–H groups in total. The number of nitrogens with one attached hydrogen (secondary N) is 2. The van der Waals surface area contributed by atoms with Gasteiger partial charge in [-0.05, 0) is 60.7 Å². The minimum atomic E-state index is -0.185. The molecule has 5 heteroatoms. The van der Waals surface area contributed by atoms with E-state index in [1.54, 1.807) is 6.08 Å². The van der Waals surface area contributed by atoms with Gasteiger partial charge in [-0.15, -0.1) is 0 Å². The van der Waals surface area contributed by atoms with E-state index in [4.69, 9.17) is 0 Å². The van der Waals surface area contributed by atoms with E-state index in [-0.39, 0.29) is 11.3 Å². The molecule has 154 valence electrons. The number of carbonyl (C=O) groups is 1. The SMILES string of the molecule is Cc1cc(C)nc(Nc2cccc(NC(=O)/C=C/c3ccc(C(C)(C)C)cc3)c2)n1. The lowest BCUT2D eigenvalue weighted by molar-refractivity contribution is -0.111. The van der Waals surface area contributed by atoms with Crippen LogP contribution in [-0.2, 0) is 10.2 Å². The Morgan fingerprint density at radius 1 is 0.900 bits per heavy atom. The first-order chi connectivity index (χ1) is 14.2. The maximum Gasteiger partial charge on any atom is 0.248 e. The molecule has 1 amide bonds. The molecule has 0 bridgehead atoms. The van der Waals surface area contributed by atoms with Crippen LogP contribution in [0.3, 0.4) is 0 Å². The molecule has 0 aliphatic heterocycles. The van der Waals surface area contributed by atoms with Gasteiger partial charge < -0.3 is 10.6 Å². The predicted molar refractivity (Wildman–Crippen MR) is 124 cm³/mol. The van der Waals surface area contributed by atoms with Crippen LogP contribution in [0.1, 0.15) is 43.3 Å². The van der Waals surface area contributed by atoms with E-state index in [2.05, 4.69) is 53.5 Å². The van der Waals surface area contributed by atoms with Crippen molar-refractivity contribution in [3.63, 3.8) is 0 Å². The van der Waals surface area contributed by atoms with E-state index in [0.717, 1.165) is 22.6 Å². The summed E-state index contributed by atoms with van der Waals surface area (Å²) in [5.74, 6) is 0.351. The van der Waals surface area contributed by atoms with Crippen molar-refractivity contribution in [1.82, 2.24) is 9.97 Å². The summed E-state index contributed by atoms with van der Waals surface area (Å²) in [6.45, 7) is 10.4. The van der Waals surface area contributed by atoms with E-state index in [1.165, 1.54) is 5.56 Å². The second-order valence-electron chi connectivity index (χ2n) is 8.37. The van der Waals surface area contributed by atoms with Crippen molar-refractivity contribution in [2.45, 2.75) is 40.0 Å². The van der Waals surface area contributed by atoms with Crippen LogP contribution in [0, 0.1) is 13.8 Å². The maximum absolute atomic E-state index is 12.3. The van der Waals surface area contributed by atoms with Gasteiger partial charge in [0.05, 0.1) is 0 Å². The largest absolute Gasteiger partial charge is 0.324 e. The van der Waals surface area contributed by atoms with Crippen molar-refractivity contribution in [3.05, 3.63) is 83.2 Å². The van der Waals surface area contributed by atoms with Crippen LogP contribution in [0.4, 0.5) is 17.3 Å². The van der Waals surface area contributed by atoms with Crippen molar-refractivity contribution < 1.29 is 4.79 Å². The first-order valence-corrected chi connectivity index (χ1v) is 9.98. The molecule has 0 radical (unpaired) electrons. The molecule has 5 nitrogen and oxygen atoms in total. The van der Waals surface area contributed by atoms with Crippen molar-refractivity contribution in [2.75, 3.05) is 10.6 Å². The van der Waals surface area contributed by atoms with Crippen molar-refractivity contribution >= 4 is 29.3 Å². The first kappa shape index (κ1) is 21.2. The number of hydrogen-bond acceptors (Lipinski definition) is 4. The quantitative estimate of drug-likeness (QED) is 0.532. The van der Waals surface area contributed by atoms with Crippen LogP contribution in [0.2, 0.25) is 0 Å². The number of amides is 1. The zero-order valence-corrected chi connectivity index (χ0v) is 18.2. The van der Waals surface area contributed by atoms with Crippen molar-refractivity contribution in [3.8, 4) is 0 Å². The number of nitrogens with zero attached hydrogens (tertiary/aromatic N) is 2. The Balaban J connectivity index is 1.64. The third-order valence-electron chi connectivity index (χ3n) is 4.57. The van der Waals surface area contributed by atoms with E-state index >= 15 is 0 Å². The summed E-state index contributed by atoms with van der Waals surface area (Å²) < 4.78 is 0. The third kappa shape index (κ3) is 6.01. The molecule has 0 fully saturated rings. The fourth-order valence-corrected chi connectivity index (χ4v) is 3.04. The molecule has 3 aromatic rings. The Bertz CT molecular complexity index is 1040. The number of carbonyl (C=O) groups excluding carboxylic acids is 1. The Hall–Kier alpha value is -3.47. The summed E-state index contributed by atoms with van der Waals surface area (Å²) in [6.07, 6.45) is 3.35. The fraction of sp³-hybridized carbons (Fsp3) is 0.240. The zero-order valence-electron chi connectivity index (χ0n) is 18.2. The van der Waals surface area contributed by atoms with Gasteiger partial charge in [0, 0.05) is 28.8 Å². The van der Waals surface area contributed by atoms with E-state index in [9.17, 15) is 4.79 Å². The summed E-state index contributed by atoms with van der Waals surface area (Å²) >= 11 is 0. The fourth-order valence-electron chi connectivity index (χ4n) is 3.04. The molecule has 1 heterocycles. The van der Waals surface area contributed by atoms with E-state index < -0.39 is 0 Å². The van der Waals surface area contributed by atoms with Crippen LogP contribution < -0.4 is 10.6 Å². The predicted octanol–water partition coefficient (Wildman–Crippen LogP) is 5.79. The zero-order chi connectivity index (χ0) is 21.7. The summed E-state index contributed by atoms with van der Waals surface area (Å²) in [4.78, 5) is 21.1. The molecule has 0 spiro atoms. The average molecular weight is 401 g/mol. The van der Waals surface area contributed by atoms with Crippen molar-refractivity contribution in [2.24, 2.45) is 0 Å². The van der Waals surface area contributed by atoms with Gasteiger partial charge in [-0.3, -0.25) is 4.79 Å². The highest BCUT2D eigenvalue weighted by molar-refractivity contribution is 6.02. The molecular formula is C25H28N4O. The highest BCUT2D eigenvalue weighted by Gasteiger charge is 2.12. The molecule has 0 atom stereocenters. The van der Waals surface area contributed by atoms with Gasteiger partial charge >= 0.3 is 0 Å². The average Bonchev–Trinajstić information content (AvgIpc) is 2.65.